The van der Waals surface area contributed by atoms with Gasteiger partial charge in [0.1, 0.15) is 5.82 Å². The molecule has 0 amide bonds. The quantitative estimate of drug-likeness (QED) is 0.344. The molecule has 0 atom stereocenters. The minimum absolute atomic E-state index is 0. The third-order valence-corrected chi connectivity index (χ3v) is 2.25. The number of benzene rings is 2. The topological polar surface area (TPSA) is 0 Å². The van der Waals surface area contributed by atoms with Gasteiger partial charge in [-0.05, 0) is 24.3 Å². The van der Waals surface area contributed by atoms with Crippen LogP contribution >= 0.6 is 61.2 Å². The first-order valence-corrected chi connectivity index (χ1v) is 13.8. The zero-order valence-corrected chi connectivity index (χ0v) is 28.8. The van der Waals surface area contributed by atoms with E-state index in [1.807, 2.05) is 68.5 Å². The summed E-state index contributed by atoms with van der Waals surface area (Å²) >= 11 is 6.26. The fourth-order valence-corrected chi connectivity index (χ4v) is 1.28. The summed E-state index contributed by atoms with van der Waals surface area (Å²) in [4.78, 5) is 0. The van der Waals surface area contributed by atoms with E-state index in [-0.39, 0.29) is 29.8 Å². The molecule has 0 radical (unpaired) electrons. The summed E-state index contributed by atoms with van der Waals surface area (Å²) in [7, 11) is 0. The Bertz CT molecular complexity index is 324. The Morgan fingerprint density at radius 2 is 1.00 bits per heavy atom. The molecule has 2 rings (SSSR count). The monoisotopic (exact) mass is 1010 g/mol. The molecule has 0 N–H and O–H groups in total. The van der Waals surface area contributed by atoms with E-state index >= 15 is 0 Å². The van der Waals surface area contributed by atoms with E-state index in [9.17, 15) is 4.39 Å². The van der Waals surface area contributed by atoms with E-state index in [2.05, 4.69) is 49.4 Å². The van der Waals surface area contributed by atoms with Crippen molar-refractivity contribution in [2.24, 2.45) is 0 Å². The number of rotatable bonds is 0. The van der Waals surface area contributed by atoms with Gasteiger partial charge in [0.05, 0.1) is 0 Å². The van der Waals surface area contributed by atoms with Gasteiger partial charge in [-0.3, -0.25) is 0 Å². The molecule has 0 heterocycles. The molecule has 0 aliphatic rings. The van der Waals surface area contributed by atoms with Crippen molar-refractivity contribution in [3.05, 3.63) is 70.1 Å². The van der Waals surface area contributed by atoms with Gasteiger partial charge in [0, 0.05) is 37.2 Å². The van der Waals surface area contributed by atoms with Gasteiger partial charge in [-0.15, -0.1) is 24.0 Å². The van der Waals surface area contributed by atoms with Crippen LogP contribution in [0, 0.1) is 9.39 Å². The number of hydrogen-bond acceptors (Lipinski definition) is 0. The molecule has 0 aliphatic heterocycles. The molecule has 0 fully saturated rings. The van der Waals surface area contributed by atoms with E-state index in [0.29, 0.717) is 0 Å². The molecule has 2 aromatic carbocycles. The maximum atomic E-state index is 11.9. The Morgan fingerprint density at radius 3 is 1.14 bits per heavy atom. The first-order chi connectivity index (χ1) is 9.79. The average Bonchev–Trinajstić information content (AvgIpc) is 2.55. The first kappa shape index (κ1) is 33.8. The van der Waals surface area contributed by atoms with Gasteiger partial charge < -0.3 is 0 Å². The van der Waals surface area contributed by atoms with Gasteiger partial charge in [0.2, 0.25) is 0 Å². The molecule has 0 aliphatic carbocycles. The smallest absolute Gasteiger partial charge is 0.207 e. The van der Waals surface area contributed by atoms with Crippen molar-refractivity contribution in [1.29, 1.82) is 0 Å². The molecular weight excluding hydrogens is 985 g/mol. The third kappa shape index (κ3) is 28.5. The van der Waals surface area contributed by atoms with Crippen LogP contribution in [0.1, 0.15) is 27.7 Å². The zero-order chi connectivity index (χ0) is 16.2. The van der Waals surface area contributed by atoms with Crippen LogP contribution in [0.2, 0.25) is 0 Å². The maximum Gasteiger partial charge on any atom is 0.296 e. The molecule has 22 heavy (non-hydrogen) atoms. The molecule has 0 nitrogen and oxygen atoms in total. The van der Waals surface area contributed by atoms with Gasteiger partial charge in [0.25, 0.3) is 22.6 Å². The van der Waals surface area contributed by atoms with Crippen molar-refractivity contribution in [2.45, 2.75) is 27.7 Å². The molecule has 0 saturated heterocycles. The molecule has 124 valence electrons. The summed E-state index contributed by atoms with van der Waals surface area (Å²) in [6.07, 6.45) is 0. The van der Waals surface area contributed by atoms with Crippen molar-refractivity contribution in [2.75, 3.05) is 0 Å². The van der Waals surface area contributed by atoms with Crippen LogP contribution in [0.25, 0.3) is 0 Å². The van der Waals surface area contributed by atoms with Gasteiger partial charge >= 0.3 is 0 Å². The summed E-state index contributed by atoms with van der Waals surface area (Å²) in [6, 6.07) is 18.2. The van der Waals surface area contributed by atoms with E-state index < -0.39 is 0 Å². The van der Waals surface area contributed by atoms with Crippen LogP contribution in [0.15, 0.2) is 60.7 Å². The molecule has 0 unspecified atom stereocenters. The first-order valence-electron chi connectivity index (χ1n) is 6.36. The summed E-state index contributed by atoms with van der Waals surface area (Å²) in [5, 5.41) is 0. The average molecular weight is 1010 g/mol. The standard InChI is InChI=1S/C6H5F.C6H6I.2C2H6.I2.HI.Rf/c2*7-6-4-2-1-3-5-6;3*1-2;;/h1-5H;1-5,7H;2*1-2H3;;1H;/q;+1;;;;;/i7-1;;;;;;. The molecule has 0 aromatic heterocycles. The Labute approximate surface area is 183 Å². The fraction of sp³-hybridized carbons (Fsp3) is 0.250. The van der Waals surface area contributed by atoms with Crippen molar-refractivity contribution in [1.82, 2.24) is 0 Å². The van der Waals surface area contributed by atoms with Crippen LogP contribution in [-0.2, 0) is 0 Å². The summed E-state index contributed by atoms with van der Waals surface area (Å²) in [5.74, 6) is -0.178. The van der Waals surface area contributed by atoms with Crippen LogP contribution in [0.4, 0.5) is 4.39 Å². The van der Waals surface area contributed by atoms with Gasteiger partial charge in [-0.25, -0.2) is 4.39 Å². The van der Waals surface area contributed by atoms with E-state index in [1.54, 1.807) is 18.2 Å². The van der Waals surface area contributed by atoms with Gasteiger partial charge in [-0.1, -0.05) is 64.1 Å². The second-order valence-corrected chi connectivity index (χ2v) is 3.95. The fourth-order valence-electron chi connectivity index (χ4n) is 0.835. The van der Waals surface area contributed by atoms with Crippen LogP contribution in [-0.4, -0.2) is 0 Å². The summed E-state index contributed by atoms with van der Waals surface area (Å²) < 4.78 is 13.2. The molecule has 0 bridgehead atoms. The minimum atomic E-state index is -0.178. The zero-order valence-electron chi connectivity index (χ0n) is 13.4. The second-order valence-electron chi connectivity index (χ2n) is 2.61. The SMILES string of the molecule is CC.CC.I.II.[18F]c1ccccc1.[IH+]c1ccccc1.[Rf]. The van der Waals surface area contributed by atoms with E-state index in [1.165, 1.54) is 15.7 Å². The predicted octanol–water partition coefficient (Wildman–Crippen LogP) is 4.41. The van der Waals surface area contributed by atoms with E-state index in [0.717, 1.165) is 0 Å². The van der Waals surface area contributed by atoms with Crippen molar-refractivity contribution in [3.63, 3.8) is 0 Å². The van der Waals surface area contributed by atoms with Crippen LogP contribution < -0.4 is 22.6 Å². The maximum absolute atomic E-state index is 11.9. The van der Waals surface area contributed by atoms with Gasteiger partial charge in [0.15, 0.2) is 3.57 Å². The number of hydrogen-bond donors (Lipinski definition) is 0. The summed E-state index contributed by atoms with van der Waals surface area (Å²) in [5.41, 5.74) is 0. The van der Waals surface area contributed by atoms with E-state index in [4.69, 9.17) is 0 Å². The van der Waals surface area contributed by atoms with Crippen LogP contribution in [0.3, 0.4) is 0 Å². The molecule has 6 heteroatoms. The largest absolute Gasteiger partial charge is 0.296 e. The normalized spacial score (nSPS) is 6.36. The Hall–Kier alpha value is 0.290. The summed E-state index contributed by atoms with van der Waals surface area (Å²) in [6.45, 7) is 8.00. The Kier molecular flexibility index (Phi) is 50.7. The van der Waals surface area contributed by atoms with Crippen molar-refractivity contribution in [3.8, 4) is 0 Å². The second kappa shape index (κ2) is 33.0. The third-order valence-electron chi connectivity index (χ3n) is 1.48. The minimum Gasteiger partial charge on any atom is -0.207 e. The number of halogens is 5. The molecule has 2 aromatic rings. The van der Waals surface area contributed by atoms with Crippen molar-refractivity contribution >= 4 is 61.2 Å². The molecule has 0 spiro atoms. The van der Waals surface area contributed by atoms with Crippen LogP contribution in [0.5, 0.6) is 0 Å². The molecular formula is C16H24FI4Rf+. The predicted molar refractivity (Wildman–Crippen MR) is 119 cm³/mol. The van der Waals surface area contributed by atoms with Gasteiger partial charge in [-0.2, -0.15) is 0 Å². The molecule has 0 saturated carbocycles. The Balaban J connectivity index is -0.0000000614. The Morgan fingerprint density at radius 1 is 0.727 bits per heavy atom. The van der Waals surface area contributed by atoms with Crippen molar-refractivity contribution < 1.29 is 27.0 Å².